The largest absolute Gasteiger partial charge is 0.468 e. The molecule has 0 radical (unpaired) electrons. The number of hydrogen-bond acceptors (Lipinski definition) is 8. The van der Waals surface area contributed by atoms with Crippen LogP contribution in [-0.4, -0.2) is 97.3 Å². The van der Waals surface area contributed by atoms with Crippen LogP contribution in [0.2, 0.25) is 0 Å². The summed E-state index contributed by atoms with van der Waals surface area (Å²) < 4.78 is 24.5. The molecule has 1 aromatic rings. The van der Waals surface area contributed by atoms with Crippen LogP contribution in [0.25, 0.3) is 0 Å². The van der Waals surface area contributed by atoms with E-state index in [0.717, 1.165) is 5.57 Å². The van der Waals surface area contributed by atoms with Crippen molar-refractivity contribution in [2.24, 2.45) is 0 Å². The van der Waals surface area contributed by atoms with Gasteiger partial charge in [0, 0.05) is 50.1 Å². The Morgan fingerprint density at radius 2 is 2.00 bits per heavy atom. The van der Waals surface area contributed by atoms with Crippen LogP contribution in [0.1, 0.15) is 31.4 Å². The van der Waals surface area contributed by atoms with Crippen molar-refractivity contribution in [3.05, 3.63) is 47.3 Å². The fourth-order valence-electron chi connectivity index (χ4n) is 4.45. The van der Waals surface area contributed by atoms with Gasteiger partial charge in [0.2, 0.25) is 5.91 Å². The highest BCUT2D eigenvalue weighted by Crippen LogP contribution is 2.31. The number of carbonyl (C=O) groups excluding carboxylic acids is 3. The van der Waals surface area contributed by atoms with Crippen LogP contribution in [0, 0.1) is 5.82 Å². The number of amides is 1. The van der Waals surface area contributed by atoms with Crippen LogP contribution < -0.4 is 0 Å². The molecule has 35 heavy (non-hydrogen) atoms. The van der Waals surface area contributed by atoms with Crippen molar-refractivity contribution in [1.82, 2.24) is 14.7 Å². The second-order valence-corrected chi connectivity index (χ2v) is 9.30. The Kier molecular flexibility index (Phi) is 10.1. The van der Waals surface area contributed by atoms with Crippen molar-refractivity contribution in [3.63, 3.8) is 0 Å². The number of carbonyl (C=O) groups is 3. The summed E-state index contributed by atoms with van der Waals surface area (Å²) in [5.41, 5.74) is 1.32. The molecule has 0 saturated carbocycles. The number of ether oxygens (including phenoxy) is 2. The fourth-order valence-corrected chi connectivity index (χ4v) is 4.75. The molecular weight excluding hydrogens is 473 g/mol. The van der Waals surface area contributed by atoms with Crippen LogP contribution in [0.15, 0.2) is 35.9 Å². The van der Waals surface area contributed by atoms with E-state index in [1.165, 1.54) is 13.2 Å². The average molecular weight is 508 g/mol. The number of nitrogens with zero attached hydrogens (tertiary/aromatic N) is 3. The second-order valence-electron chi connectivity index (χ2n) is 8.67. The molecule has 0 aromatic heterocycles. The van der Waals surface area contributed by atoms with Crippen molar-refractivity contribution < 1.29 is 28.2 Å². The molecule has 2 saturated heterocycles. The highest BCUT2D eigenvalue weighted by molar-refractivity contribution is 7.81. The monoisotopic (exact) mass is 507 g/mol. The maximum absolute atomic E-state index is 14.5. The molecule has 2 fully saturated rings. The molecule has 0 aliphatic carbocycles. The zero-order chi connectivity index (χ0) is 25.4. The molecule has 2 aliphatic rings. The normalized spacial score (nSPS) is 21.7. The smallest absolute Gasteiger partial charge is 0.327 e. The minimum absolute atomic E-state index is 0.0167. The molecule has 192 valence electrons. The maximum atomic E-state index is 14.5. The van der Waals surface area contributed by atoms with Crippen LogP contribution in [0.3, 0.4) is 0 Å². The molecule has 2 aliphatic heterocycles. The van der Waals surface area contributed by atoms with E-state index in [1.807, 2.05) is 9.80 Å². The van der Waals surface area contributed by atoms with Gasteiger partial charge in [-0.1, -0.05) is 24.3 Å². The number of esters is 2. The van der Waals surface area contributed by atoms with E-state index in [0.29, 0.717) is 57.9 Å². The third-order valence-electron chi connectivity index (χ3n) is 6.39. The second kappa shape index (κ2) is 13.0. The number of piperidine rings is 1. The SMILES string of the molecule is CCOC(=O)CCN1CCN(C/C=C2\CN(C(C(=O)OC)c3ccccc3F)CCC2S)CC1=O. The summed E-state index contributed by atoms with van der Waals surface area (Å²) in [6.07, 6.45) is 2.96. The predicted molar refractivity (Wildman–Crippen MR) is 132 cm³/mol. The van der Waals surface area contributed by atoms with Crippen molar-refractivity contribution >= 4 is 30.5 Å². The molecule has 0 spiro atoms. The first-order valence-electron chi connectivity index (χ1n) is 11.9. The lowest BCUT2D eigenvalue weighted by Crippen LogP contribution is -2.50. The third kappa shape index (κ3) is 7.28. The van der Waals surface area contributed by atoms with Gasteiger partial charge in [0.15, 0.2) is 0 Å². The Labute approximate surface area is 211 Å². The van der Waals surface area contributed by atoms with Gasteiger partial charge in [0.05, 0.1) is 26.7 Å². The molecule has 3 rings (SSSR count). The lowest BCUT2D eigenvalue weighted by atomic mass is 9.97. The van der Waals surface area contributed by atoms with Gasteiger partial charge in [-0.05, 0) is 25.0 Å². The van der Waals surface area contributed by atoms with Gasteiger partial charge < -0.3 is 14.4 Å². The van der Waals surface area contributed by atoms with Gasteiger partial charge in [-0.2, -0.15) is 12.6 Å². The average Bonchev–Trinajstić information content (AvgIpc) is 2.85. The minimum Gasteiger partial charge on any atom is -0.468 e. The minimum atomic E-state index is -0.838. The van der Waals surface area contributed by atoms with Crippen molar-refractivity contribution in [2.45, 2.75) is 31.1 Å². The summed E-state index contributed by atoms with van der Waals surface area (Å²) in [5, 5.41) is 0.0201. The summed E-state index contributed by atoms with van der Waals surface area (Å²) in [7, 11) is 1.31. The summed E-state index contributed by atoms with van der Waals surface area (Å²) in [6, 6.07) is 5.42. The molecule has 1 aromatic carbocycles. The number of rotatable bonds is 9. The highest BCUT2D eigenvalue weighted by atomic mass is 32.1. The van der Waals surface area contributed by atoms with E-state index >= 15 is 0 Å². The Morgan fingerprint density at radius 3 is 2.69 bits per heavy atom. The quantitative estimate of drug-likeness (QED) is 0.311. The van der Waals surface area contributed by atoms with Crippen molar-refractivity contribution in [3.8, 4) is 0 Å². The first-order valence-corrected chi connectivity index (χ1v) is 12.4. The first kappa shape index (κ1) is 27.2. The van der Waals surface area contributed by atoms with E-state index in [4.69, 9.17) is 22.1 Å². The zero-order valence-corrected chi connectivity index (χ0v) is 21.2. The Morgan fingerprint density at radius 1 is 1.23 bits per heavy atom. The number of methoxy groups -OCH3 is 1. The lowest BCUT2D eigenvalue weighted by Gasteiger charge is -2.37. The summed E-state index contributed by atoms with van der Waals surface area (Å²) in [6.45, 7) is 5.58. The Bertz CT molecular complexity index is 943. The van der Waals surface area contributed by atoms with Crippen LogP contribution in [0.5, 0.6) is 0 Å². The first-order chi connectivity index (χ1) is 16.8. The molecule has 2 unspecified atom stereocenters. The molecule has 2 heterocycles. The summed E-state index contributed by atoms with van der Waals surface area (Å²) in [5.74, 6) is -1.26. The van der Waals surface area contributed by atoms with E-state index in [9.17, 15) is 18.8 Å². The zero-order valence-electron chi connectivity index (χ0n) is 20.3. The third-order valence-corrected chi connectivity index (χ3v) is 6.98. The maximum Gasteiger partial charge on any atom is 0.327 e. The number of halogens is 1. The van der Waals surface area contributed by atoms with Crippen molar-refractivity contribution in [2.75, 3.05) is 59.5 Å². The molecule has 10 heteroatoms. The molecule has 0 bridgehead atoms. The van der Waals surface area contributed by atoms with Gasteiger partial charge in [0.25, 0.3) is 0 Å². The van der Waals surface area contributed by atoms with Crippen LogP contribution in [-0.2, 0) is 23.9 Å². The summed E-state index contributed by atoms with van der Waals surface area (Å²) >= 11 is 4.72. The standard InChI is InChI=1S/C25H34FN3O5S/c1-3-34-23(31)10-13-28-15-14-27(17-22(28)30)11-8-18-16-29(12-9-21(18)35)24(25(32)33-2)19-6-4-5-7-20(19)26/h4-8,21,24,35H,3,9-17H2,1-2H3/b18-8+. The molecule has 1 amide bonds. The van der Waals surface area contributed by atoms with Crippen molar-refractivity contribution in [1.29, 1.82) is 0 Å². The highest BCUT2D eigenvalue weighted by Gasteiger charge is 2.34. The number of piperazine rings is 1. The van der Waals surface area contributed by atoms with E-state index in [2.05, 4.69) is 6.08 Å². The topological polar surface area (TPSA) is 79.4 Å². The lowest BCUT2D eigenvalue weighted by molar-refractivity contribution is -0.148. The molecule has 8 nitrogen and oxygen atoms in total. The van der Waals surface area contributed by atoms with E-state index < -0.39 is 17.8 Å². The number of hydrogen-bond donors (Lipinski definition) is 1. The van der Waals surface area contributed by atoms with Crippen LogP contribution >= 0.6 is 12.6 Å². The molecule has 2 atom stereocenters. The van der Waals surface area contributed by atoms with Crippen LogP contribution in [0.4, 0.5) is 4.39 Å². The Balaban J connectivity index is 1.61. The number of benzene rings is 1. The molecule has 0 N–H and O–H groups in total. The fraction of sp³-hybridized carbons (Fsp3) is 0.560. The van der Waals surface area contributed by atoms with Gasteiger partial charge in [0.1, 0.15) is 11.9 Å². The predicted octanol–water partition coefficient (Wildman–Crippen LogP) is 2.07. The number of thiol groups is 1. The number of likely N-dealkylation sites (tertiary alicyclic amines) is 1. The Hall–Kier alpha value is -2.43. The van der Waals surface area contributed by atoms with Gasteiger partial charge in [-0.25, -0.2) is 9.18 Å². The van der Waals surface area contributed by atoms with Gasteiger partial charge in [-0.3, -0.25) is 19.4 Å². The van der Waals surface area contributed by atoms with E-state index in [1.54, 1.807) is 30.0 Å². The molecular formula is C25H34FN3O5S. The summed E-state index contributed by atoms with van der Waals surface area (Å²) in [4.78, 5) is 42.4. The van der Waals surface area contributed by atoms with Gasteiger partial charge in [-0.15, -0.1) is 0 Å². The van der Waals surface area contributed by atoms with Gasteiger partial charge >= 0.3 is 11.9 Å². The van der Waals surface area contributed by atoms with E-state index in [-0.39, 0.29) is 30.1 Å².